The predicted octanol–water partition coefficient (Wildman–Crippen LogP) is 5.59. The van der Waals surface area contributed by atoms with Gasteiger partial charge in [-0.05, 0) is 44.1 Å². The first-order valence-electron chi connectivity index (χ1n) is 18.8. The van der Waals surface area contributed by atoms with Gasteiger partial charge < -0.3 is 29.3 Å². The zero-order chi connectivity index (χ0) is 37.0. The molecule has 1 spiro atoms. The quantitative estimate of drug-likeness (QED) is 0.133. The Bertz CT molecular complexity index is 1440. The number of hydrogen-bond donors (Lipinski definition) is 1. The molecule has 3 amide bonds. The molecule has 3 heterocycles. The van der Waals surface area contributed by atoms with Crippen LogP contribution in [-0.4, -0.2) is 104 Å². The maximum Gasteiger partial charge on any atom is 0.313 e. The molecule has 0 aromatic heterocycles. The molecule has 11 heteroatoms. The molecule has 51 heavy (non-hydrogen) atoms. The number of esters is 1. The van der Waals surface area contributed by atoms with Crippen LogP contribution in [0.1, 0.15) is 90.2 Å². The molecule has 1 aromatic carbocycles. The summed E-state index contributed by atoms with van der Waals surface area (Å²) in [7, 11) is 1.70. The number of nitrogens with zero attached hydrogens (tertiary/aromatic N) is 3. The lowest BCUT2D eigenvalue weighted by molar-refractivity contribution is -0.165. The van der Waals surface area contributed by atoms with Crippen LogP contribution in [0.4, 0.5) is 0 Å². The number of amides is 3. The third-order valence-corrected chi connectivity index (χ3v) is 12.9. The number of aliphatic hydroxyl groups excluding tert-OH is 1. The summed E-state index contributed by atoms with van der Waals surface area (Å²) in [5, 5.41) is 10.8. The molecular weight excluding hydrogens is 714 g/mol. The van der Waals surface area contributed by atoms with Crippen molar-refractivity contribution < 1.29 is 33.8 Å². The second kappa shape index (κ2) is 16.8. The third kappa shape index (κ3) is 7.32. The molecular formula is C40H56BrN3O7. The van der Waals surface area contributed by atoms with Crippen molar-refractivity contribution in [3.8, 4) is 0 Å². The number of aliphatic hydroxyl groups is 1. The van der Waals surface area contributed by atoms with Crippen LogP contribution < -0.4 is 0 Å². The maximum absolute atomic E-state index is 15.0. The summed E-state index contributed by atoms with van der Waals surface area (Å²) in [4.78, 5) is 62.4. The van der Waals surface area contributed by atoms with Crippen molar-refractivity contribution in [3.05, 3.63) is 61.2 Å². The number of likely N-dealkylation sites (tertiary alicyclic amines) is 1. The Morgan fingerprint density at radius 2 is 1.82 bits per heavy atom. The van der Waals surface area contributed by atoms with Crippen LogP contribution in [0.3, 0.4) is 0 Å². The number of halogens is 1. The van der Waals surface area contributed by atoms with Crippen molar-refractivity contribution in [3.63, 3.8) is 0 Å². The van der Waals surface area contributed by atoms with Gasteiger partial charge in [-0.15, -0.1) is 13.2 Å². The number of carbonyl (C=O) groups is 4. The van der Waals surface area contributed by atoms with Gasteiger partial charge in [-0.2, -0.15) is 0 Å². The van der Waals surface area contributed by atoms with Gasteiger partial charge in [-0.3, -0.25) is 19.2 Å². The SMILES string of the molecule is C=CCCC(=O)N(C)[C@@H](C)[C@@H](OC(=O)[C@@H]1[C@H]2O[C@@]3(CC2Br)[C@H](C(=O)N(CC=C)C2CCCCC2)N([C@@H](CO)[C@@H](C)CC)C(=O)[C@@H]13)c1ccccc1. The number of benzene rings is 1. The van der Waals surface area contributed by atoms with E-state index in [2.05, 4.69) is 29.1 Å². The van der Waals surface area contributed by atoms with E-state index in [0.717, 1.165) is 32.1 Å². The van der Waals surface area contributed by atoms with E-state index in [0.29, 0.717) is 31.4 Å². The second-order valence-electron chi connectivity index (χ2n) is 15.0. The highest BCUT2D eigenvalue weighted by atomic mass is 79.9. The zero-order valence-corrected chi connectivity index (χ0v) is 32.2. The Labute approximate surface area is 311 Å². The average molecular weight is 771 g/mol. The van der Waals surface area contributed by atoms with Gasteiger partial charge in [0, 0.05) is 30.9 Å². The van der Waals surface area contributed by atoms with E-state index in [1.54, 1.807) is 29.0 Å². The van der Waals surface area contributed by atoms with Crippen molar-refractivity contribution in [2.24, 2.45) is 17.8 Å². The first-order chi connectivity index (χ1) is 24.5. The highest BCUT2D eigenvalue weighted by Gasteiger charge is 2.78. The number of rotatable bonds is 16. The van der Waals surface area contributed by atoms with E-state index in [4.69, 9.17) is 9.47 Å². The fraction of sp³-hybridized carbons (Fsp3) is 0.650. The van der Waals surface area contributed by atoms with Crippen LogP contribution in [0.15, 0.2) is 55.6 Å². The van der Waals surface area contributed by atoms with Crippen molar-refractivity contribution in [1.82, 2.24) is 14.7 Å². The van der Waals surface area contributed by atoms with Crippen molar-refractivity contribution in [2.75, 3.05) is 20.2 Å². The van der Waals surface area contributed by atoms with Crippen LogP contribution in [0, 0.1) is 17.8 Å². The summed E-state index contributed by atoms with van der Waals surface area (Å²) in [6.07, 6.45) is 8.62. The van der Waals surface area contributed by atoms with Gasteiger partial charge in [-0.25, -0.2) is 0 Å². The smallest absolute Gasteiger partial charge is 0.313 e. The van der Waals surface area contributed by atoms with E-state index < -0.39 is 53.7 Å². The minimum absolute atomic E-state index is 0.00579. The molecule has 5 rings (SSSR count). The number of allylic oxidation sites excluding steroid dienone is 1. The molecule has 2 bridgehead atoms. The summed E-state index contributed by atoms with van der Waals surface area (Å²) in [6.45, 7) is 13.5. The molecule has 1 aliphatic carbocycles. The summed E-state index contributed by atoms with van der Waals surface area (Å²) in [6, 6.07) is 7.10. The lowest BCUT2D eigenvalue weighted by Crippen LogP contribution is -2.61. The summed E-state index contributed by atoms with van der Waals surface area (Å²) < 4.78 is 13.2. The van der Waals surface area contributed by atoms with Crippen molar-refractivity contribution >= 4 is 39.6 Å². The molecule has 3 aliphatic heterocycles. The van der Waals surface area contributed by atoms with E-state index >= 15 is 4.79 Å². The van der Waals surface area contributed by atoms with E-state index in [9.17, 15) is 19.5 Å². The Hall–Kier alpha value is -3.02. The lowest BCUT2D eigenvalue weighted by Gasteiger charge is -2.43. The summed E-state index contributed by atoms with van der Waals surface area (Å²) in [5.74, 6) is -3.39. The largest absolute Gasteiger partial charge is 0.455 e. The van der Waals surface area contributed by atoms with Gasteiger partial charge in [0.25, 0.3) is 0 Å². The number of likely N-dealkylation sites (N-methyl/N-ethyl adjacent to an activating group) is 1. The van der Waals surface area contributed by atoms with Gasteiger partial charge in [-0.1, -0.05) is 97.9 Å². The van der Waals surface area contributed by atoms with Crippen LogP contribution >= 0.6 is 15.9 Å². The number of hydrogen-bond acceptors (Lipinski definition) is 7. The van der Waals surface area contributed by atoms with Gasteiger partial charge in [0.1, 0.15) is 17.7 Å². The van der Waals surface area contributed by atoms with Gasteiger partial charge in [0.05, 0.1) is 36.6 Å². The van der Waals surface area contributed by atoms with Gasteiger partial charge >= 0.3 is 5.97 Å². The Kier molecular flexibility index (Phi) is 12.9. The normalized spacial score (nSPS) is 29.5. The summed E-state index contributed by atoms with van der Waals surface area (Å²) in [5.41, 5.74) is -0.579. The molecule has 0 radical (unpaired) electrons. The minimum Gasteiger partial charge on any atom is -0.455 e. The second-order valence-corrected chi connectivity index (χ2v) is 16.1. The monoisotopic (exact) mass is 769 g/mol. The zero-order valence-electron chi connectivity index (χ0n) is 30.6. The summed E-state index contributed by atoms with van der Waals surface area (Å²) >= 11 is 3.79. The van der Waals surface area contributed by atoms with Crippen LogP contribution in [0.2, 0.25) is 0 Å². The van der Waals surface area contributed by atoms with E-state index in [1.807, 2.05) is 56.0 Å². The fourth-order valence-corrected chi connectivity index (χ4v) is 9.96. The number of carbonyl (C=O) groups excluding carboxylic acids is 4. The highest BCUT2D eigenvalue weighted by molar-refractivity contribution is 9.09. The molecule has 4 fully saturated rings. The first kappa shape index (κ1) is 39.2. The molecule has 10 atom stereocenters. The molecule has 1 saturated carbocycles. The molecule has 10 nitrogen and oxygen atoms in total. The first-order valence-corrected chi connectivity index (χ1v) is 19.7. The third-order valence-electron chi connectivity index (χ3n) is 12.1. The fourth-order valence-electron chi connectivity index (χ4n) is 9.02. The van der Waals surface area contributed by atoms with Gasteiger partial charge in [0.15, 0.2) is 0 Å². The topological polar surface area (TPSA) is 117 Å². The Balaban J connectivity index is 1.54. The van der Waals surface area contributed by atoms with Crippen LogP contribution in [0.5, 0.6) is 0 Å². The van der Waals surface area contributed by atoms with Crippen LogP contribution in [-0.2, 0) is 28.7 Å². The van der Waals surface area contributed by atoms with Crippen molar-refractivity contribution in [2.45, 2.75) is 125 Å². The molecule has 1 N–H and O–H groups in total. The average Bonchev–Trinajstić information content (AvgIpc) is 3.75. The standard InChI is InChI=1S/C40H56BrN3O7/c1-7-10-21-31(46)42(6)26(5)34(27-17-13-11-14-18-27)50-39(49)32-33-37(47)44(30(24-45)25(4)9-3)36(40(33)23-29(41)35(32)51-40)38(48)43(22-8-2)28-19-15-12-16-20-28/h7-8,11,13-14,17-18,25-26,28-30,32-36,45H,1-2,9-10,12,15-16,19-24H2,3-6H3/t25-,26-,29?,30-,32-,33+,34+,35-,36-,40+/m0/s1. The Morgan fingerprint density at radius 1 is 1.14 bits per heavy atom. The Morgan fingerprint density at radius 3 is 2.43 bits per heavy atom. The highest BCUT2D eigenvalue weighted by Crippen LogP contribution is 2.61. The molecule has 4 aliphatic rings. The van der Waals surface area contributed by atoms with Crippen molar-refractivity contribution in [1.29, 1.82) is 0 Å². The predicted molar refractivity (Wildman–Crippen MR) is 199 cm³/mol. The molecule has 280 valence electrons. The molecule has 1 unspecified atom stereocenters. The van der Waals surface area contributed by atoms with E-state index in [1.165, 1.54) is 0 Å². The minimum atomic E-state index is -1.29. The lowest BCUT2D eigenvalue weighted by atomic mass is 9.70. The van der Waals surface area contributed by atoms with Gasteiger partial charge in [0.2, 0.25) is 17.7 Å². The number of alkyl halides is 1. The number of fused-ring (bicyclic) bond motifs is 1. The number of ether oxygens (including phenoxy) is 2. The molecule has 1 aromatic rings. The van der Waals surface area contributed by atoms with Crippen LogP contribution in [0.25, 0.3) is 0 Å². The molecule has 3 saturated heterocycles. The maximum atomic E-state index is 15.0. The van der Waals surface area contributed by atoms with E-state index in [-0.39, 0.29) is 47.5 Å².